The Labute approximate surface area is 311 Å². The summed E-state index contributed by atoms with van der Waals surface area (Å²) in [7, 11) is 0. The Hall–Kier alpha value is -5.00. The smallest absolute Gasteiger partial charge is 0.272 e. The van der Waals surface area contributed by atoms with E-state index >= 15 is 0 Å². The van der Waals surface area contributed by atoms with Crippen LogP contribution in [0.5, 0.6) is 0 Å². The summed E-state index contributed by atoms with van der Waals surface area (Å²) in [6.45, 7) is 0. The first-order valence-corrected chi connectivity index (χ1v) is 18.2. The number of nitrogens with one attached hydrogen (secondary N) is 3. The van der Waals surface area contributed by atoms with Crippen LogP contribution in [-0.4, -0.2) is 22.7 Å². The van der Waals surface area contributed by atoms with Gasteiger partial charge in [-0.3, -0.25) is 14.4 Å². The molecule has 6 aromatic rings. The number of amides is 3. The average Bonchev–Trinajstić information content (AvgIpc) is 3.61. The lowest BCUT2D eigenvalue weighted by Gasteiger charge is -2.17. The quantitative estimate of drug-likeness (QED) is 0.0898. The van der Waals surface area contributed by atoms with Crippen LogP contribution < -0.4 is 16.0 Å². The molecule has 1 aromatic heterocycles. The summed E-state index contributed by atoms with van der Waals surface area (Å²) in [6, 6.07) is 40.2. The minimum absolute atomic E-state index is 0.0850. The molecule has 0 bridgehead atoms. The maximum absolute atomic E-state index is 13.7. The number of nitrogens with zero attached hydrogens (tertiary/aromatic N) is 1. The van der Waals surface area contributed by atoms with Crippen LogP contribution in [-0.2, 0) is 9.59 Å². The molecule has 0 fully saturated rings. The van der Waals surface area contributed by atoms with Crippen molar-refractivity contribution in [1.29, 1.82) is 0 Å². The summed E-state index contributed by atoms with van der Waals surface area (Å²) < 4.78 is 0.894. The molecule has 7 nitrogen and oxygen atoms in total. The Morgan fingerprint density at radius 1 is 0.780 bits per heavy atom. The number of carbonyl (C=O) groups is 3. The molecule has 1 heterocycles. The van der Waals surface area contributed by atoms with Gasteiger partial charge < -0.3 is 16.0 Å². The molecule has 1 unspecified atom stereocenters. The normalized spacial score (nSPS) is 11.8. The van der Waals surface area contributed by atoms with Gasteiger partial charge in [0.1, 0.15) is 10.9 Å². The first-order chi connectivity index (χ1) is 24.3. The van der Waals surface area contributed by atoms with Crippen LogP contribution in [0.3, 0.4) is 0 Å². The average molecular weight is 780 g/mol. The second kappa shape index (κ2) is 16.6. The maximum Gasteiger partial charge on any atom is 0.272 e. The summed E-state index contributed by atoms with van der Waals surface area (Å²) in [4.78, 5) is 45.6. The fraction of sp³-hybridized carbons (Fsp3) is 0.0256. The number of anilines is 2. The molecular weight excluding hydrogens is 752 g/mol. The van der Waals surface area contributed by atoms with E-state index in [1.165, 1.54) is 23.1 Å². The van der Waals surface area contributed by atoms with Gasteiger partial charge in [0.05, 0.1) is 5.69 Å². The van der Waals surface area contributed by atoms with Crippen molar-refractivity contribution < 1.29 is 14.4 Å². The molecule has 1 atom stereocenters. The largest absolute Gasteiger partial charge is 0.321 e. The highest BCUT2D eigenvalue weighted by Gasteiger charge is 2.23. The van der Waals surface area contributed by atoms with E-state index in [1.807, 2.05) is 90.3 Å². The van der Waals surface area contributed by atoms with Gasteiger partial charge in [0, 0.05) is 36.6 Å². The predicted octanol–water partition coefficient (Wildman–Crippen LogP) is 10.1. The first-order valence-electron chi connectivity index (χ1n) is 15.3. The molecule has 0 saturated heterocycles. The Kier molecular flexibility index (Phi) is 11.6. The van der Waals surface area contributed by atoms with Gasteiger partial charge in [-0.05, 0) is 77.9 Å². The summed E-state index contributed by atoms with van der Waals surface area (Å²) in [5.41, 5.74) is 4.26. The number of thiazole rings is 1. The van der Waals surface area contributed by atoms with Crippen molar-refractivity contribution in [3.63, 3.8) is 0 Å². The first kappa shape index (κ1) is 34.8. The molecule has 6 rings (SSSR count). The van der Waals surface area contributed by atoms with E-state index in [4.69, 9.17) is 11.6 Å². The van der Waals surface area contributed by atoms with Crippen molar-refractivity contribution in [2.24, 2.45) is 0 Å². The summed E-state index contributed by atoms with van der Waals surface area (Å²) >= 11 is 12.2. The lowest BCUT2D eigenvalue weighted by Crippen LogP contribution is -2.30. The molecule has 3 N–H and O–H groups in total. The van der Waals surface area contributed by atoms with Crippen LogP contribution in [0.4, 0.5) is 10.8 Å². The van der Waals surface area contributed by atoms with Crippen molar-refractivity contribution in [2.45, 2.75) is 10.1 Å². The zero-order valence-electron chi connectivity index (χ0n) is 26.2. The Morgan fingerprint density at radius 2 is 1.44 bits per heavy atom. The van der Waals surface area contributed by atoms with Crippen LogP contribution >= 0.6 is 50.6 Å². The molecular formula is C39H28BrClN4O3S2. The molecule has 0 aliphatic heterocycles. The van der Waals surface area contributed by atoms with Gasteiger partial charge >= 0.3 is 0 Å². The number of benzene rings is 5. The van der Waals surface area contributed by atoms with Crippen LogP contribution in [0.25, 0.3) is 17.3 Å². The lowest BCUT2D eigenvalue weighted by molar-refractivity contribution is -0.116. The van der Waals surface area contributed by atoms with Gasteiger partial charge in [-0.2, -0.15) is 0 Å². The second-order valence-corrected chi connectivity index (χ2v) is 14.2. The highest BCUT2D eigenvalue weighted by molar-refractivity contribution is 9.10. The highest BCUT2D eigenvalue weighted by atomic mass is 79.9. The van der Waals surface area contributed by atoms with Crippen LogP contribution in [0.15, 0.2) is 154 Å². The third-order valence-corrected chi connectivity index (χ3v) is 10.1. The van der Waals surface area contributed by atoms with Gasteiger partial charge in [-0.25, -0.2) is 4.98 Å². The SMILES string of the molecule is O=C(Nc1ccc(SC(C(=O)Nc2nc(-c3ccc(Cl)cc3)cs2)c2ccccc2)cc1)/C(=C/c1ccc(Br)cc1)NC(=O)c1ccccc1. The van der Waals surface area contributed by atoms with Crippen LogP contribution in [0.1, 0.15) is 26.7 Å². The molecule has 0 aliphatic carbocycles. The van der Waals surface area contributed by atoms with Crippen molar-refractivity contribution in [3.8, 4) is 11.3 Å². The summed E-state index contributed by atoms with van der Waals surface area (Å²) in [5, 5.41) is 11.1. The van der Waals surface area contributed by atoms with Crippen molar-refractivity contribution >= 4 is 85.2 Å². The summed E-state index contributed by atoms with van der Waals surface area (Å²) in [5.74, 6) is -1.10. The van der Waals surface area contributed by atoms with Crippen molar-refractivity contribution in [2.75, 3.05) is 10.6 Å². The molecule has 3 amide bonds. The molecule has 5 aromatic carbocycles. The topological polar surface area (TPSA) is 100 Å². The summed E-state index contributed by atoms with van der Waals surface area (Å²) in [6.07, 6.45) is 1.62. The Morgan fingerprint density at radius 3 is 2.12 bits per heavy atom. The predicted molar refractivity (Wildman–Crippen MR) is 207 cm³/mol. The van der Waals surface area contributed by atoms with Crippen molar-refractivity contribution in [3.05, 3.63) is 171 Å². The fourth-order valence-corrected chi connectivity index (χ4v) is 6.91. The third kappa shape index (κ3) is 9.36. The van der Waals surface area contributed by atoms with Gasteiger partial charge in [0.25, 0.3) is 11.8 Å². The second-order valence-electron chi connectivity index (χ2n) is 10.9. The van der Waals surface area contributed by atoms with Gasteiger partial charge in [-0.1, -0.05) is 100 Å². The van der Waals surface area contributed by atoms with Crippen molar-refractivity contribution in [1.82, 2.24) is 10.3 Å². The number of aromatic nitrogens is 1. The fourth-order valence-electron chi connectivity index (χ4n) is 4.78. The van der Waals surface area contributed by atoms with Gasteiger partial charge in [0.15, 0.2) is 5.13 Å². The molecule has 50 heavy (non-hydrogen) atoms. The molecule has 0 saturated carbocycles. The number of hydrogen-bond acceptors (Lipinski definition) is 6. The molecule has 11 heteroatoms. The van der Waals surface area contributed by atoms with Gasteiger partial charge in [0.2, 0.25) is 5.91 Å². The highest BCUT2D eigenvalue weighted by Crippen LogP contribution is 2.37. The van der Waals surface area contributed by atoms with E-state index in [0.717, 1.165) is 31.8 Å². The van der Waals surface area contributed by atoms with E-state index < -0.39 is 17.1 Å². The Balaban J connectivity index is 1.16. The minimum Gasteiger partial charge on any atom is -0.321 e. The minimum atomic E-state index is -0.576. The number of rotatable bonds is 11. The number of hydrogen-bond donors (Lipinski definition) is 3. The molecule has 0 spiro atoms. The van der Waals surface area contributed by atoms with E-state index in [-0.39, 0.29) is 11.6 Å². The van der Waals surface area contributed by atoms with E-state index in [2.05, 4.69) is 36.9 Å². The Bertz CT molecular complexity index is 2130. The lowest BCUT2D eigenvalue weighted by atomic mass is 10.1. The van der Waals surface area contributed by atoms with Gasteiger partial charge in [-0.15, -0.1) is 23.1 Å². The maximum atomic E-state index is 13.7. The molecule has 0 radical (unpaired) electrons. The monoisotopic (exact) mass is 778 g/mol. The van der Waals surface area contributed by atoms with E-state index in [0.29, 0.717) is 21.4 Å². The number of thioether (sulfide) groups is 1. The van der Waals surface area contributed by atoms with E-state index in [1.54, 1.807) is 54.6 Å². The van der Waals surface area contributed by atoms with Crippen LogP contribution in [0, 0.1) is 0 Å². The third-order valence-electron chi connectivity index (χ3n) is 7.29. The molecule has 248 valence electrons. The standard InChI is InChI=1S/C39H28BrClN4O3S2/c40-29-15-11-25(12-16-29)23-33(43-36(46)28-9-5-2-6-10-28)37(47)42-31-19-21-32(22-20-31)50-35(27-7-3-1-4-8-27)38(48)45-39-44-34(24-49-39)26-13-17-30(41)18-14-26/h1-24,35H,(H,42,47)(H,43,46)(H,44,45,48)/b33-23-. The number of carbonyl (C=O) groups excluding carboxylic acids is 3. The van der Waals surface area contributed by atoms with Crippen LogP contribution in [0.2, 0.25) is 5.02 Å². The molecule has 0 aliphatic rings. The zero-order chi connectivity index (χ0) is 34.9. The number of halogens is 2. The van der Waals surface area contributed by atoms with E-state index in [9.17, 15) is 14.4 Å². The zero-order valence-corrected chi connectivity index (χ0v) is 30.2.